The summed E-state index contributed by atoms with van der Waals surface area (Å²) in [4.78, 5) is 10.2. The van der Waals surface area contributed by atoms with Crippen molar-refractivity contribution in [1.82, 2.24) is 0 Å². The number of carbonyl (C=O) groups excluding carboxylic acids is 1. The van der Waals surface area contributed by atoms with Crippen LogP contribution in [0.4, 0.5) is 0 Å². The van der Waals surface area contributed by atoms with E-state index in [1.807, 2.05) is 0 Å². The number of hydrogen-bond acceptors (Lipinski definition) is 4. The normalized spacial score (nSPS) is 10.3. The fourth-order valence-corrected chi connectivity index (χ4v) is 2.31. The monoisotopic (exact) mass is 258 g/mol. The van der Waals surface area contributed by atoms with Crippen LogP contribution in [0.3, 0.4) is 0 Å². The summed E-state index contributed by atoms with van der Waals surface area (Å²) in [6, 6.07) is 6.39. The van der Waals surface area contributed by atoms with E-state index in [0.717, 1.165) is 23.5 Å². The summed E-state index contributed by atoms with van der Waals surface area (Å²) in [5.41, 5.74) is 3.68. The van der Waals surface area contributed by atoms with Gasteiger partial charge in [-0.25, -0.2) is 0 Å². The van der Waals surface area contributed by atoms with Crippen molar-refractivity contribution in [3.05, 3.63) is 34.9 Å². The van der Waals surface area contributed by atoms with Crippen molar-refractivity contribution < 1.29 is 4.79 Å². The standard InChI is InChI=1S/C11H14OS3/c12-1-2-15-8-11-4-9(6-13)3-10(5-11)7-14/h1,3-5,13-14H,2,6-8H2. The zero-order chi connectivity index (χ0) is 11.1. The van der Waals surface area contributed by atoms with E-state index in [0.29, 0.717) is 5.75 Å². The average molecular weight is 258 g/mol. The zero-order valence-electron chi connectivity index (χ0n) is 8.35. The third-order valence-corrected chi connectivity index (χ3v) is 3.57. The fraction of sp³-hybridized carbons (Fsp3) is 0.364. The van der Waals surface area contributed by atoms with Gasteiger partial charge in [-0.15, -0.1) is 11.8 Å². The van der Waals surface area contributed by atoms with E-state index >= 15 is 0 Å². The first kappa shape index (κ1) is 13.0. The first-order valence-corrected chi connectivity index (χ1v) is 7.07. The smallest absolute Gasteiger partial charge is 0.129 e. The van der Waals surface area contributed by atoms with E-state index in [2.05, 4.69) is 43.5 Å². The highest BCUT2D eigenvalue weighted by Crippen LogP contribution is 2.18. The largest absolute Gasteiger partial charge is 0.302 e. The van der Waals surface area contributed by atoms with Crippen molar-refractivity contribution in [2.24, 2.45) is 0 Å². The van der Waals surface area contributed by atoms with Crippen molar-refractivity contribution in [1.29, 1.82) is 0 Å². The molecule has 4 heteroatoms. The summed E-state index contributed by atoms with van der Waals surface area (Å²) in [7, 11) is 0. The van der Waals surface area contributed by atoms with E-state index in [1.165, 1.54) is 16.7 Å². The van der Waals surface area contributed by atoms with Gasteiger partial charge in [0, 0.05) is 23.0 Å². The Hall–Kier alpha value is -0.0600. The maximum Gasteiger partial charge on any atom is 0.129 e. The molecule has 0 amide bonds. The van der Waals surface area contributed by atoms with Gasteiger partial charge in [-0.1, -0.05) is 18.2 Å². The quantitative estimate of drug-likeness (QED) is 0.464. The minimum absolute atomic E-state index is 0.557. The van der Waals surface area contributed by atoms with Crippen molar-refractivity contribution in [3.8, 4) is 0 Å². The Morgan fingerprint density at radius 1 is 1.07 bits per heavy atom. The van der Waals surface area contributed by atoms with Gasteiger partial charge in [0.2, 0.25) is 0 Å². The molecule has 0 atom stereocenters. The molecule has 0 fully saturated rings. The number of thioether (sulfide) groups is 1. The molecular weight excluding hydrogens is 244 g/mol. The molecule has 0 N–H and O–H groups in total. The lowest BCUT2D eigenvalue weighted by molar-refractivity contribution is -0.105. The molecule has 0 aliphatic rings. The zero-order valence-corrected chi connectivity index (χ0v) is 11.0. The molecule has 0 heterocycles. The third kappa shape index (κ3) is 4.53. The van der Waals surface area contributed by atoms with Crippen molar-refractivity contribution >= 4 is 43.3 Å². The van der Waals surface area contributed by atoms with Gasteiger partial charge in [0.25, 0.3) is 0 Å². The molecule has 0 aromatic heterocycles. The highest BCUT2D eigenvalue weighted by atomic mass is 32.2. The van der Waals surface area contributed by atoms with Crippen LogP contribution >= 0.6 is 37.0 Å². The van der Waals surface area contributed by atoms with Crippen LogP contribution in [0.1, 0.15) is 16.7 Å². The molecule has 1 rings (SSSR count). The second-order valence-electron chi connectivity index (χ2n) is 3.16. The molecule has 0 saturated carbocycles. The summed E-state index contributed by atoms with van der Waals surface area (Å²) >= 11 is 10.2. The van der Waals surface area contributed by atoms with E-state index in [9.17, 15) is 4.79 Å². The number of rotatable bonds is 6. The Kier molecular flexibility index (Phi) is 6.29. The molecule has 82 valence electrons. The number of thiol groups is 2. The Balaban J connectivity index is 2.72. The Morgan fingerprint density at radius 3 is 2.07 bits per heavy atom. The Bertz CT molecular complexity index is 303. The molecule has 0 saturated heterocycles. The van der Waals surface area contributed by atoms with Crippen LogP contribution in [0.15, 0.2) is 18.2 Å². The maximum absolute atomic E-state index is 10.2. The van der Waals surface area contributed by atoms with Crippen LogP contribution in [0.2, 0.25) is 0 Å². The van der Waals surface area contributed by atoms with Gasteiger partial charge < -0.3 is 4.79 Å². The van der Waals surface area contributed by atoms with Crippen LogP contribution in [0.25, 0.3) is 0 Å². The minimum atomic E-state index is 0.557. The minimum Gasteiger partial charge on any atom is -0.302 e. The first-order chi connectivity index (χ1) is 7.30. The molecule has 1 aromatic rings. The van der Waals surface area contributed by atoms with Crippen LogP contribution in [0.5, 0.6) is 0 Å². The van der Waals surface area contributed by atoms with E-state index in [-0.39, 0.29) is 0 Å². The summed E-state index contributed by atoms with van der Waals surface area (Å²) < 4.78 is 0. The number of hydrogen-bond donors (Lipinski definition) is 2. The molecule has 0 aliphatic heterocycles. The summed E-state index contributed by atoms with van der Waals surface area (Å²) in [6.45, 7) is 0. The highest BCUT2D eigenvalue weighted by molar-refractivity contribution is 7.99. The van der Waals surface area contributed by atoms with E-state index < -0.39 is 0 Å². The van der Waals surface area contributed by atoms with Gasteiger partial charge in [0.05, 0.1) is 0 Å². The second kappa shape index (κ2) is 7.25. The maximum atomic E-state index is 10.2. The highest BCUT2D eigenvalue weighted by Gasteiger charge is 1.99. The predicted molar refractivity (Wildman–Crippen MR) is 74.0 cm³/mol. The van der Waals surface area contributed by atoms with Gasteiger partial charge in [-0.2, -0.15) is 25.3 Å². The van der Waals surface area contributed by atoms with E-state index in [1.54, 1.807) is 11.8 Å². The van der Waals surface area contributed by atoms with Gasteiger partial charge in [0.1, 0.15) is 6.29 Å². The summed E-state index contributed by atoms with van der Waals surface area (Å²) in [6.07, 6.45) is 0.937. The molecule has 1 aromatic carbocycles. The second-order valence-corrected chi connectivity index (χ2v) is 4.82. The van der Waals surface area contributed by atoms with Crippen LogP contribution in [-0.4, -0.2) is 12.0 Å². The molecule has 0 spiro atoms. The van der Waals surface area contributed by atoms with E-state index in [4.69, 9.17) is 0 Å². The van der Waals surface area contributed by atoms with Gasteiger partial charge >= 0.3 is 0 Å². The number of aldehydes is 1. The topological polar surface area (TPSA) is 17.1 Å². The van der Waals surface area contributed by atoms with Crippen molar-refractivity contribution in [2.45, 2.75) is 17.3 Å². The fourth-order valence-electron chi connectivity index (χ4n) is 1.33. The van der Waals surface area contributed by atoms with Crippen LogP contribution in [-0.2, 0) is 22.1 Å². The molecule has 0 bridgehead atoms. The lowest BCUT2D eigenvalue weighted by Crippen LogP contribution is -1.90. The Labute approximate surface area is 106 Å². The SMILES string of the molecule is O=CCSCc1cc(CS)cc(CS)c1. The number of carbonyl (C=O) groups is 1. The van der Waals surface area contributed by atoms with Crippen molar-refractivity contribution in [2.75, 3.05) is 5.75 Å². The van der Waals surface area contributed by atoms with Crippen LogP contribution < -0.4 is 0 Å². The van der Waals surface area contributed by atoms with Crippen molar-refractivity contribution in [3.63, 3.8) is 0 Å². The van der Waals surface area contributed by atoms with Gasteiger partial charge in [-0.05, 0) is 16.7 Å². The van der Waals surface area contributed by atoms with Gasteiger partial charge in [-0.3, -0.25) is 0 Å². The molecule has 15 heavy (non-hydrogen) atoms. The van der Waals surface area contributed by atoms with Gasteiger partial charge in [0.15, 0.2) is 0 Å². The predicted octanol–water partition coefficient (Wildman–Crippen LogP) is 2.98. The lowest BCUT2D eigenvalue weighted by Gasteiger charge is -2.06. The first-order valence-electron chi connectivity index (χ1n) is 4.65. The summed E-state index contributed by atoms with van der Waals surface area (Å²) in [5, 5.41) is 0. The molecule has 0 unspecified atom stereocenters. The molecule has 0 radical (unpaired) electrons. The molecule has 0 aliphatic carbocycles. The third-order valence-electron chi connectivity index (χ3n) is 1.93. The van der Waals surface area contributed by atoms with Crippen LogP contribution in [0, 0.1) is 0 Å². The Morgan fingerprint density at radius 2 is 1.60 bits per heavy atom. The number of benzene rings is 1. The molecular formula is C11H14OS3. The lowest BCUT2D eigenvalue weighted by atomic mass is 10.1. The summed E-state index contributed by atoms with van der Waals surface area (Å²) in [5.74, 6) is 2.92. The average Bonchev–Trinajstić information content (AvgIpc) is 2.29. The molecule has 1 nitrogen and oxygen atoms in total.